The number of carbonyl (C=O) groups excluding carboxylic acids is 1. The first-order valence-corrected chi connectivity index (χ1v) is 7.05. The minimum atomic E-state index is -0.550. The molecule has 0 saturated heterocycles. The lowest BCUT2D eigenvalue weighted by Crippen LogP contribution is -2.49. The Bertz CT molecular complexity index is 635. The van der Waals surface area contributed by atoms with Crippen molar-refractivity contribution in [1.29, 1.82) is 0 Å². The predicted molar refractivity (Wildman–Crippen MR) is 80.7 cm³/mol. The van der Waals surface area contributed by atoms with Crippen molar-refractivity contribution in [3.63, 3.8) is 0 Å². The predicted octanol–water partition coefficient (Wildman–Crippen LogP) is 2.97. The molecule has 2 aromatic rings. The number of fused-ring (bicyclic) bond motifs is 1. The van der Waals surface area contributed by atoms with Gasteiger partial charge in [-0.05, 0) is 24.3 Å². The first-order valence-electron chi connectivity index (χ1n) is 7.05. The van der Waals surface area contributed by atoms with Crippen molar-refractivity contribution in [2.75, 3.05) is 18.6 Å². The number of rotatable bonds is 3. The van der Waals surface area contributed by atoms with E-state index >= 15 is 0 Å². The fourth-order valence-electron chi connectivity index (χ4n) is 3.01. The molecule has 104 valence electrons. The van der Waals surface area contributed by atoms with Gasteiger partial charge in [-0.1, -0.05) is 42.8 Å². The second-order valence-corrected chi connectivity index (χ2v) is 5.65. The Balaban J connectivity index is 2.00. The zero-order valence-corrected chi connectivity index (χ0v) is 11.7. The van der Waals surface area contributed by atoms with Gasteiger partial charge in [0.15, 0.2) is 0 Å². The van der Waals surface area contributed by atoms with Crippen LogP contribution in [0.4, 0.5) is 5.69 Å². The van der Waals surface area contributed by atoms with Crippen LogP contribution in [0.3, 0.4) is 0 Å². The molecule has 0 spiro atoms. The van der Waals surface area contributed by atoms with Gasteiger partial charge in [0, 0.05) is 12.4 Å². The van der Waals surface area contributed by atoms with E-state index in [1.165, 1.54) is 0 Å². The number of hydrogen-bond donors (Lipinski definition) is 1. The van der Waals surface area contributed by atoms with E-state index in [1.54, 1.807) is 11.9 Å². The maximum Gasteiger partial charge on any atom is 0.235 e. The van der Waals surface area contributed by atoms with Gasteiger partial charge in [-0.2, -0.15) is 0 Å². The molecule has 0 heterocycles. The van der Waals surface area contributed by atoms with Crippen molar-refractivity contribution in [2.24, 2.45) is 5.41 Å². The summed E-state index contributed by atoms with van der Waals surface area (Å²) in [5.74, 6) is 0.0302. The van der Waals surface area contributed by atoms with E-state index in [-0.39, 0.29) is 12.5 Å². The first-order chi connectivity index (χ1) is 9.68. The lowest BCUT2D eigenvalue weighted by molar-refractivity contribution is -0.136. The SMILES string of the molecule is CN(C(=O)C1(CO)CCC1)c1cccc2ccccc12. The Labute approximate surface area is 118 Å². The zero-order chi connectivity index (χ0) is 14.2. The topological polar surface area (TPSA) is 40.5 Å². The van der Waals surface area contributed by atoms with Gasteiger partial charge in [-0.3, -0.25) is 4.79 Å². The normalized spacial score (nSPS) is 16.7. The molecule has 1 saturated carbocycles. The molecular formula is C17H19NO2. The molecule has 1 amide bonds. The summed E-state index contributed by atoms with van der Waals surface area (Å²) in [5, 5.41) is 11.8. The molecule has 0 aliphatic heterocycles. The van der Waals surface area contributed by atoms with Gasteiger partial charge in [0.25, 0.3) is 0 Å². The van der Waals surface area contributed by atoms with E-state index < -0.39 is 5.41 Å². The van der Waals surface area contributed by atoms with E-state index in [0.717, 1.165) is 35.7 Å². The van der Waals surface area contributed by atoms with E-state index in [4.69, 9.17) is 0 Å². The molecule has 20 heavy (non-hydrogen) atoms. The van der Waals surface area contributed by atoms with Crippen LogP contribution in [0.15, 0.2) is 42.5 Å². The molecule has 3 heteroatoms. The highest BCUT2D eigenvalue weighted by atomic mass is 16.3. The van der Waals surface area contributed by atoms with Gasteiger partial charge in [0.1, 0.15) is 0 Å². The molecule has 3 nitrogen and oxygen atoms in total. The number of carbonyl (C=O) groups is 1. The third kappa shape index (κ3) is 1.90. The van der Waals surface area contributed by atoms with Gasteiger partial charge in [-0.15, -0.1) is 0 Å². The summed E-state index contributed by atoms with van der Waals surface area (Å²) < 4.78 is 0. The van der Waals surface area contributed by atoms with Crippen molar-refractivity contribution >= 4 is 22.4 Å². The van der Waals surface area contributed by atoms with Crippen molar-refractivity contribution in [1.82, 2.24) is 0 Å². The Morgan fingerprint density at radius 3 is 2.55 bits per heavy atom. The van der Waals surface area contributed by atoms with Gasteiger partial charge in [0.05, 0.1) is 17.7 Å². The highest BCUT2D eigenvalue weighted by molar-refractivity contribution is 6.05. The minimum Gasteiger partial charge on any atom is -0.395 e. The lowest BCUT2D eigenvalue weighted by atomic mass is 9.68. The van der Waals surface area contributed by atoms with Crippen LogP contribution < -0.4 is 4.90 Å². The van der Waals surface area contributed by atoms with E-state index in [9.17, 15) is 9.90 Å². The fourth-order valence-corrected chi connectivity index (χ4v) is 3.01. The van der Waals surface area contributed by atoms with Crippen LogP contribution >= 0.6 is 0 Å². The molecule has 1 aliphatic rings. The van der Waals surface area contributed by atoms with Crippen LogP contribution in [0.1, 0.15) is 19.3 Å². The number of amides is 1. The molecular weight excluding hydrogens is 250 g/mol. The van der Waals surface area contributed by atoms with Crippen LogP contribution in [0, 0.1) is 5.41 Å². The summed E-state index contributed by atoms with van der Waals surface area (Å²) in [4.78, 5) is 14.4. The summed E-state index contributed by atoms with van der Waals surface area (Å²) in [6.45, 7) is -0.0546. The maximum atomic E-state index is 12.7. The summed E-state index contributed by atoms with van der Waals surface area (Å²) in [7, 11) is 1.81. The van der Waals surface area contributed by atoms with Crippen molar-refractivity contribution in [3.05, 3.63) is 42.5 Å². The van der Waals surface area contributed by atoms with Crippen molar-refractivity contribution in [2.45, 2.75) is 19.3 Å². The van der Waals surface area contributed by atoms with Gasteiger partial charge < -0.3 is 10.0 Å². The molecule has 1 aliphatic carbocycles. The molecule has 0 bridgehead atoms. The minimum absolute atomic E-state index is 0.0302. The maximum absolute atomic E-state index is 12.7. The number of nitrogens with zero attached hydrogens (tertiary/aromatic N) is 1. The summed E-state index contributed by atoms with van der Waals surface area (Å²) in [6.07, 6.45) is 2.60. The Kier molecular flexibility index (Phi) is 3.22. The third-order valence-electron chi connectivity index (χ3n) is 4.50. The number of anilines is 1. The largest absolute Gasteiger partial charge is 0.395 e. The average molecular weight is 269 g/mol. The number of aliphatic hydroxyl groups excluding tert-OH is 1. The van der Waals surface area contributed by atoms with E-state index in [0.29, 0.717) is 0 Å². The fraction of sp³-hybridized carbons (Fsp3) is 0.353. The number of benzene rings is 2. The molecule has 0 unspecified atom stereocenters. The summed E-state index contributed by atoms with van der Waals surface area (Å²) in [6, 6.07) is 14.0. The van der Waals surface area contributed by atoms with Crippen LogP contribution in [-0.2, 0) is 4.79 Å². The highest BCUT2D eigenvalue weighted by Crippen LogP contribution is 2.43. The Hall–Kier alpha value is -1.87. The smallest absolute Gasteiger partial charge is 0.235 e. The van der Waals surface area contributed by atoms with E-state index in [2.05, 4.69) is 0 Å². The van der Waals surface area contributed by atoms with Crippen molar-refractivity contribution in [3.8, 4) is 0 Å². The summed E-state index contributed by atoms with van der Waals surface area (Å²) in [5.41, 5.74) is 0.360. The van der Waals surface area contributed by atoms with Crippen LogP contribution in [0.2, 0.25) is 0 Å². The number of hydrogen-bond acceptors (Lipinski definition) is 2. The molecule has 0 atom stereocenters. The zero-order valence-electron chi connectivity index (χ0n) is 11.7. The third-order valence-corrected chi connectivity index (χ3v) is 4.50. The quantitative estimate of drug-likeness (QED) is 0.930. The summed E-state index contributed by atoms with van der Waals surface area (Å²) >= 11 is 0. The van der Waals surface area contributed by atoms with Crippen LogP contribution in [0.5, 0.6) is 0 Å². The second-order valence-electron chi connectivity index (χ2n) is 5.65. The standard InChI is InChI=1S/C17H19NO2/c1-18(16(20)17(12-19)10-5-11-17)15-9-4-7-13-6-2-3-8-14(13)15/h2-4,6-9,19H,5,10-12H2,1H3. The van der Waals surface area contributed by atoms with Gasteiger partial charge in [0.2, 0.25) is 5.91 Å². The van der Waals surface area contributed by atoms with Crippen LogP contribution in [0.25, 0.3) is 10.8 Å². The van der Waals surface area contributed by atoms with Crippen LogP contribution in [-0.4, -0.2) is 24.7 Å². The molecule has 2 aromatic carbocycles. The monoisotopic (exact) mass is 269 g/mol. The molecule has 1 N–H and O–H groups in total. The Morgan fingerprint density at radius 1 is 1.20 bits per heavy atom. The average Bonchev–Trinajstić information content (AvgIpc) is 2.45. The van der Waals surface area contributed by atoms with E-state index in [1.807, 2.05) is 42.5 Å². The lowest BCUT2D eigenvalue weighted by Gasteiger charge is -2.41. The van der Waals surface area contributed by atoms with Gasteiger partial charge in [-0.25, -0.2) is 0 Å². The van der Waals surface area contributed by atoms with Crippen molar-refractivity contribution < 1.29 is 9.90 Å². The van der Waals surface area contributed by atoms with Gasteiger partial charge >= 0.3 is 0 Å². The number of aliphatic hydroxyl groups is 1. The molecule has 3 rings (SSSR count). The second kappa shape index (κ2) is 4.91. The molecule has 0 aromatic heterocycles. The molecule has 0 radical (unpaired) electrons. The molecule has 1 fully saturated rings. The highest BCUT2D eigenvalue weighted by Gasteiger charge is 2.45. The first kappa shape index (κ1) is 13.1. The Morgan fingerprint density at radius 2 is 1.90 bits per heavy atom.